The summed E-state index contributed by atoms with van der Waals surface area (Å²) >= 11 is 0. The minimum atomic E-state index is -0.955. The van der Waals surface area contributed by atoms with E-state index in [4.69, 9.17) is 0 Å². The minimum absolute atomic E-state index is 0.00439. The van der Waals surface area contributed by atoms with E-state index < -0.39 is 18.2 Å². The number of aliphatic hydroxyl groups excluding tert-OH is 3. The lowest BCUT2D eigenvalue weighted by atomic mass is 10.0. The number of carbonyl (C=O) groups excluding carboxylic acids is 1. The molecule has 0 saturated heterocycles. The molecule has 0 aromatic heterocycles. The summed E-state index contributed by atoms with van der Waals surface area (Å²) in [6, 6.07) is -0.763. The van der Waals surface area contributed by atoms with Gasteiger partial charge in [-0.1, -0.05) is 217 Å². The first kappa shape index (κ1) is 49.6. The Labute approximate surface area is 317 Å². The van der Waals surface area contributed by atoms with Crippen molar-refractivity contribution in [2.24, 2.45) is 0 Å². The van der Waals surface area contributed by atoms with Crippen LogP contribution in [-0.4, -0.2) is 46.1 Å². The Morgan fingerprint density at radius 3 is 1.25 bits per heavy atom. The van der Waals surface area contributed by atoms with Crippen LogP contribution in [0.15, 0.2) is 36.5 Å². The van der Waals surface area contributed by atoms with E-state index >= 15 is 0 Å². The molecule has 3 atom stereocenters. The van der Waals surface area contributed by atoms with Gasteiger partial charge < -0.3 is 20.6 Å². The van der Waals surface area contributed by atoms with E-state index in [1.807, 2.05) is 13.0 Å². The van der Waals surface area contributed by atoms with Crippen LogP contribution in [0.3, 0.4) is 0 Å². The molecule has 4 N–H and O–H groups in total. The number of rotatable bonds is 40. The summed E-state index contributed by atoms with van der Waals surface area (Å²) in [5, 5.41) is 33.0. The maximum Gasteiger partial charge on any atom is 0.222 e. The van der Waals surface area contributed by atoms with E-state index in [1.54, 1.807) is 6.08 Å². The van der Waals surface area contributed by atoms with E-state index in [2.05, 4.69) is 36.5 Å². The second-order valence-electron chi connectivity index (χ2n) is 15.3. The molecule has 0 bridgehead atoms. The van der Waals surface area contributed by atoms with Gasteiger partial charge >= 0.3 is 0 Å². The van der Waals surface area contributed by atoms with Crippen molar-refractivity contribution in [1.29, 1.82) is 0 Å². The number of unbranched alkanes of at least 4 members (excludes halogenated alkanes) is 28. The largest absolute Gasteiger partial charge is 0.394 e. The molecule has 0 rings (SSSR count). The van der Waals surface area contributed by atoms with Gasteiger partial charge in [0, 0.05) is 0 Å². The Morgan fingerprint density at radius 1 is 0.529 bits per heavy atom. The van der Waals surface area contributed by atoms with Crippen LogP contribution in [0.2, 0.25) is 0 Å². The van der Waals surface area contributed by atoms with E-state index in [0.717, 1.165) is 38.5 Å². The van der Waals surface area contributed by atoms with Crippen LogP contribution in [0.25, 0.3) is 0 Å². The highest BCUT2D eigenvalue weighted by Crippen LogP contribution is 2.17. The average molecular weight is 718 g/mol. The van der Waals surface area contributed by atoms with Gasteiger partial charge in [-0.3, -0.25) is 4.79 Å². The zero-order chi connectivity index (χ0) is 37.3. The van der Waals surface area contributed by atoms with Crippen LogP contribution < -0.4 is 5.32 Å². The lowest BCUT2D eigenvalue weighted by Crippen LogP contribution is -2.45. The van der Waals surface area contributed by atoms with Gasteiger partial charge in [-0.05, 0) is 39.0 Å². The number of amides is 1. The predicted octanol–water partition coefficient (Wildman–Crippen LogP) is 12.8. The number of carbonyl (C=O) groups is 1. The molecule has 0 aromatic rings. The number of hydrogen-bond donors (Lipinski definition) is 4. The smallest absolute Gasteiger partial charge is 0.222 e. The lowest BCUT2D eigenvalue weighted by Gasteiger charge is -2.21. The fraction of sp³-hybridized carbons (Fsp3) is 0.848. The highest BCUT2D eigenvalue weighted by atomic mass is 16.3. The molecule has 5 heteroatoms. The summed E-state index contributed by atoms with van der Waals surface area (Å²) in [5.41, 5.74) is 0. The number of nitrogens with one attached hydrogen (secondary N) is 1. The van der Waals surface area contributed by atoms with Crippen molar-refractivity contribution in [1.82, 2.24) is 5.32 Å². The number of aliphatic hydroxyl groups is 3. The summed E-state index contributed by atoms with van der Waals surface area (Å²) < 4.78 is 0. The molecule has 0 aliphatic carbocycles. The third-order valence-electron chi connectivity index (χ3n) is 10.3. The molecule has 0 aromatic carbocycles. The Bertz CT molecular complexity index is 794. The molecule has 0 fully saturated rings. The van der Waals surface area contributed by atoms with E-state index in [0.29, 0.717) is 6.42 Å². The zero-order valence-corrected chi connectivity index (χ0v) is 34.0. The van der Waals surface area contributed by atoms with Gasteiger partial charge in [0.2, 0.25) is 5.91 Å². The van der Waals surface area contributed by atoms with E-state index in [-0.39, 0.29) is 18.9 Å². The van der Waals surface area contributed by atoms with Crippen LogP contribution in [-0.2, 0) is 4.79 Å². The quantitative estimate of drug-likeness (QED) is 0.0375. The zero-order valence-electron chi connectivity index (χ0n) is 34.0. The summed E-state index contributed by atoms with van der Waals surface area (Å²) in [5.74, 6) is -0.330. The summed E-state index contributed by atoms with van der Waals surface area (Å²) in [4.78, 5) is 12.4. The van der Waals surface area contributed by atoms with Gasteiger partial charge in [0.1, 0.15) is 0 Å². The summed E-state index contributed by atoms with van der Waals surface area (Å²) in [6.45, 7) is 3.97. The summed E-state index contributed by atoms with van der Waals surface area (Å²) in [6.07, 6.45) is 51.9. The van der Waals surface area contributed by atoms with Gasteiger partial charge in [-0.15, -0.1) is 0 Å². The lowest BCUT2D eigenvalue weighted by molar-refractivity contribution is -0.124. The van der Waals surface area contributed by atoms with Crippen molar-refractivity contribution < 1.29 is 20.1 Å². The van der Waals surface area contributed by atoms with Gasteiger partial charge in [-0.2, -0.15) is 0 Å². The molecule has 0 radical (unpaired) electrons. The Hall–Kier alpha value is -1.43. The topological polar surface area (TPSA) is 89.8 Å². The third kappa shape index (κ3) is 38.1. The van der Waals surface area contributed by atoms with Crippen LogP contribution in [0.1, 0.15) is 226 Å². The number of allylic oxidation sites excluding steroid dienone is 5. The second kappa shape index (κ2) is 41.3. The molecular formula is C46H87NO4. The maximum absolute atomic E-state index is 12.4. The molecule has 0 saturated carbocycles. The molecule has 5 nitrogen and oxygen atoms in total. The molecule has 51 heavy (non-hydrogen) atoms. The van der Waals surface area contributed by atoms with Crippen molar-refractivity contribution in [2.45, 2.75) is 244 Å². The maximum atomic E-state index is 12.4. The highest BCUT2D eigenvalue weighted by Gasteiger charge is 2.20. The van der Waals surface area contributed by atoms with Gasteiger partial charge in [-0.25, -0.2) is 0 Å². The Morgan fingerprint density at radius 2 is 0.882 bits per heavy atom. The molecule has 0 aliphatic rings. The molecule has 0 aliphatic heterocycles. The molecule has 300 valence electrons. The van der Waals surface area contributed by atoms with Gasteiger partial charge in [0.25, 0.3) is 0 Å². The summed E-state index contributed by atoms with van der Waals surface area (Å²) in [7, 11) is 0. The normalized spacial score (nSPS) is 13.9. The average Bonchev–Trinajstić information content (AvgIpc) is 3.12. The molecule has 0 heterocycles. The standard InChI is InChI=1S/C46H87NO4/c1-3-5-7-9-11-13-14-15-16-17-18-19-20-21-22-23-24-25-26-27-28-29-30-32-33-35-37-39-43(49)41-46(51)47-44(42-48)45(50)40-38-36-34-31-12-10-8-6-4-2/h4,6,12,31,38,40,43-45,48-50H,3,5,7-11,13-30,32-37,39,41-42H2,1-2H3,(H,47,51)/b6-4+,31-12+,40-38+. The monoisotopic (exact) mass is 718 g/mol. The minimum Gasteiger partial charge on any atom is -0.394 e. The Kier molecular flexibility index (Phi) is 40.2. The van der Waals surface area contributed by atoms with Crippen LogP contribution in [0, 0.1) is 0 Å². The predicted molar refractivity (Wildman–Crippen MR) is 222 cm³/mol. The second-order valence-corrected chi connectivity index (χ2v) is 15.3. The first-order valence-corrected chi connectivity index (χ1v) is 22.2. The van der Waals surface area contributed by atoms with Crippen LogP contribution >= 0.6 is 0 Å². The molecule has 0 spiro atoms. The van der Waals surface area contributed by atoms with Crippen molar-refractivity contribution in [3.63, 3.8) is 0 Å². The van der Waals surface area contributed by atoms with Crippen molar-refractivity contribution in [2.75, 3.05) is 6.61 Å². The Balaban J connectivity index is 3.51. The third-order valence-corrected chi connectivity index (χ3v) is 10.3. The van der Waals surface area contributed by atoms with Gasteiger partial charge in [0.15, 0.2) is 0 Å². The van der Waals surface area contributed by atoms with Gasteiger partial charge in [0.05, 0.1) is 31.3 Å². The van der Waals surface area contributed by atoms with E-state index in [9.17, 15) is 20.1 Å². The van der Waals surface area contributed by atoms with Crippen LogP contribution in [0.5, 0.6) is 0 Å². The molecular weight excluding hydrogens is 631 g/mol. The van der Waals surface area contributed by atoms with Crippen molar-refractivity contribution in [3.8, 4) is 0 Å². The fourth-order valence-electron chi connectivity index (χ4n) is 6.85. The van der Waals surface area contributed by atoms with Crippen LogP contribution in [0.4, 0.5) is 0 Å². The van der Waals surface area contributed by atoms with Crippen molar-refractivity contribution >= 4 is 5.91 Å². The molecule has 1 amide bonds. The van der Waals surface area contributed by atoms with Crippen molar-refractivity contribution in [3.05, 3.63) is 36.5 Å². The SMILES string of the molecule is C/C=C/CC/C=C/CC/C=C/C(O)C(CO)NC(=O)CC(O)CCCCCCCCCCCCCCCCCCCCCCCCCCCCC. The van der Waals surface area contributed by atoms with E-state index in [1.165, 1.54) is 161 Å². The fourth-order valence-corrected chi connectivity index (χ4v) is 6.85. The molecule has 3 unspecified atom stereocenters. The first-order valence-electron chi connectivity index (χ1n) is 22.2. The first-order chi connectivity index (χ1) is 25.0. The highest BCUT2D eigenvalue weighted by molar-refractivity contribution is 5.76. The number of hydrogen-bond acceptors (Lipinski definition) is 4.